The highest BCUT2D eigenvalue weighted by atomic mass is 14.9. The average molecular weight is 155 g/mol. The minimum absolute atomic E-state index is 0.854. The quantitative estimate of drug-likeness (QED) is 0.602. The monoisotopic (exact) mass is 155 g/mol. The number of hydrogen-bond acceptors (Lipinski definition) is 1. The first-order valence-electron chi connectivity index (χ1n) is 5.08. The van der Waals surface area contributed by atoms with Crippen molar-refractivity contribution in [2.24, 2.45) is 5.92 Å². The molecule has 0 aliphatic heterocycles. The fraction of sp³-hybridized carbons (Fsp3) is 1.00. The molecule has 1 N–H and O–H groups in total. The van der Waals surface area contributed by atoms with Gasteiger partial charge in [0.1, 0.15) is 0 Å². The van der Waals surface area contributed by atoms with E-state index >= 15 is 0 Å². The summed E-state index contributed by atoms with van der Waals surface area (Å²) >= 11 is 0. The fourth-order valence-corrected chi connectivity index (χ4v) is 1.63. The summed E-state index contributed by atoms with van der Waals surface area (Å²) in [6.45, 7) is 5.84. The molecule has 1 rings (SSSR count). The van der Waals surface area contributed by atoms with E-state index in [9.17, 15) is 0 Å². The zero-order valence-corrected chi connectivity index (χ0v) is 7.90. The Kier molecular flexibility index (Phi) is 3.92. The third kappa shape index (κ3) is 2.82. The molecule has 1 fully saturated rings. The highest BCUT2D eigenvalue weighted by Crippen LogP contribution is 2.26. The van der Waals surface area contributed by atoms with Crippen molar-refractivity contribution in [1.82, 2.24) is 5.32 Å². The molecule has 0 spiro atoms. The van der Waals surface area contributed by atoms with Crippen molar-refractivity contribution in [2.45, 2.75) is 52.0 Å². The van der Waals surface area contributed by atoms with Crippen LogP contribution in [-0.4, -0.2) is 12.6 Å². The zero-order chi connectivity index (χ0) is 8.10. The third-order valence-electron chi connectivity index (χ3n) is 2.81. The standard InChI is InChI=1S/C10H21N/c1-3-4-5-8-11-10-7-6-9(10)2/h9-11H,3-8H2,1-2H3. The summed E-state index contributed by atoms with van der Waals surface area (Å²) < 4.78 is 0. The van der Waals surface area contributed by atoms with Crippen molar-refractivity contribution in [3.63, 3.8) is 0 Å². The second kappa shape index (κ2) is 4.76. The number of hydrogen-bond donors (Lipinski definition) is 1. The molecule has 2 unspecified atom stereocenters. The molecule has 0 aromatic rings. The second-order valence-electron chi connectivity index (χ2n) is 3.82. The van der Waals surface area contributed by atoms with Gasteiger partial charge >= 0.3 is 0 Å². The van der Waals surface area contributed by atoms with E-state index in [1.165, 1.54) is 38.6 Å². The number of nitrogens with one attached hydrogen (secondary N) is 1. The van der Waals surface area contributed by atoms with Gasteiger partial charge in [0.25, 0.3) is 0 Å². The molecule has 66 valence electrons. The van der Waals surface area contributed by atoms with Crippen LogP contribution in [0.1, 0.15) is 46.0 Å². The van der Waals surface area contributed by atoms with E-state index in [0.29, 0.717) is 0 Å². The lowest BCUT2D eigenvalue weighted by molar-refractivity contribution is 0.229. The maximum absolute atomic E-state index is 3.60. The van der Waals surface area contributed by atoms with E-state index in [0.717, 1.165) is 12.0 Å². The van der Waals surface area contributed by atoms with E-state index < -0.39 is 0 Å². The largest absolute Gasteiger partial charge is 0.314 e. The fourth-order valence-electron chi connectivity index (χ4n) is 1.63. The van der Waals surface area contributed by atoms with Gasteiger partial charge in [0.05, 0.1) is 0 Å². The van der Waals surface area contributed by atoms with Crippen LogP contribution in [-0.2, 0) is 0 Å². The molecule has 0 aromatic heterocycles. The van der Waals surface area contributed by atoms with Crippen molar-refractivity contribution in [1.29, 1.82) is 0 Å². The molecule has 1 nitrogen and oxygen atoms in total. The first kappa shape index (κ1) is 9.05. The van der Waals surface area contributed by atoms with E-state index in [2.05, 4.69) is 19.2 Å². The number of rotatable bonds is 5. The summed E-state index contributed by atoms with van der Waals surface area (Å²) in [5.41, 5.74) is 0. The molecule has 0 bridgehead atoms. The Morgan fingerprint density at radius 2 is 2.09 bits per heavy atom. The summed E-state index contributed by atoms with van der Waals surface area (Å²) in [6, 6.07) is 0.854. The van der Waals surface area contributed by atoms with E-state index in [4.69, 9.17) is 0 Å². The highest BCUT2D eigenvalue weighted by molar-refractivity contribution is 4.83. The molecular weight excluding hydrogens is 134 g/mol. The van der Waals surface area contributed by atoms with Gasteiger partial charge < -0.3 is 5.32 Å². The number of unbranched alkanes of at least 4 members (excludes halogenated alkanes) is 2. The topological polar surface area (TPSA) is 12.0 Å². The molecular formula is C10H21N. The Balaban J connectivity index is 1.87. The van der Waals surface area contributed by atoms with E-state index in [-0.39, 0.29) is 0 Å². The Morgan fingerprint density at radius 3 is 2.55 bits per heavy atom. The third-order valence-corrected chi connectivity index (χ3v) is 2.81. The Morgan fingerprint density at radius 1 is 1.27 bits per heavy atom. The van der Waals surface area contributed by atoms with Crippen molar-refractivity contribution in [2.75, 3.05) is 6.54 Å². The van der Waals surface area contributed by atoms with Gasteiger partial charge in [-0.05, 0) is 31.7 Å². The van der Waals surface area contributed by atoms with Crippen LogP contribution in [0.3, 0.4) is 0 Å². The SMILES string of the molecule is CCCCCNC1CCC1C. The van der Waals surface area contributed by atoms with Crippen molar-refractivity contribution in [3.8, 4) is 0 Å². The van der Waals surface area contributed by atoms with Crippen molar-refractivity contribution >= 4 is 0 Å². The summed E-state index contributed by atoms with van der Waals surface area (Å²) in [5.74, 6) is 0.941. The average Bonchev–Trinajstić information content (AvgIpc) is 2.02. The Labute approximate surface area is 70.6 Å². The van der Waals surface area contributed by atoms with Gasteiger partial charge in [-0.15, -0.1) is 0 Å². The Hall–Kier alpha value is -0.0400. The molecule has 1 saturated carbocycles. The Bertz CT molecular complexity index is 101. The van der Waals surface area contributed by atoms with Crippen LogP contribution in [0, 0.1) is 5.92 Å². The zero-order valence-electron chi connectivity index (χ0n) is 7.90. The van der Waals surface area contributed by atoms with Crippen LogP contribution in [0.4, 0.5) is 0 Å². The molecule has 0 saturated heterocycles. The second-order valence-corrected chi connectivity index (χ2v) is 3.82. The van der Waals surface area contributed by atoms with Gasteiger partial charge in [0.2, 0.25) is 0 Å². The van der Waals surface area contributed by atoms with Crippen LogP contribution < -0.4 is 5.32 Å². The van der Waals surface area contributed by atoms with Gasteiger partial charge in [-0.2, -0.15) is 0 Å². The molecule has 0 amide bonds. The maximum atomic E-state index is 3.60. The lowest BCUT2D eigenvalue weighted by Gasteiger charge is -2.34. The van der Waals surface area contributed by atoms with Gasteiger partial charge in [-0.1, -0.05) is 26.7 Å². The molecule has 0 heterocycles. The van der Waals surface area contributed by atoms with Crippen LogP contribution in [0.2, 0.25) is 0 Å². The van der Waals surface area contributed by atoms with Crippen LogP contribution in [0.15, 0.2) is 0 Å². The normalized spacial score (nSPS) is 30.0. The summed E-state index contributed by atoms with van der Waals surface area (Å²) in [6.07, 6.45) is 6.93. The predicted molar refractivity (Wildman–Crippen MR) is 49.7 cm³/mol. The smallest absolute Gasteiger partial charge is 0.00928 e. The van der Waals surface area contributed by atoms with Crippen LogP contribution in [0.5, 0.6) is 0 Å². The predicted octanol–water partition coefficient (Wildman–Crippen LogP) is 2.56. The van der Waals surface area contributed by atoms with E-state index in [1.807, 2.05) is 0 Å². The van der Waals surface area contributed by atoms with Crippen molar-refractivity contribution in [3.05, 3.63) is 0 Å². The highest BCUT2D eigenvalue weighted by Gasteiger charge is 2.25. The minimum atomic E-state index is 0.854. The van der Waals surface area contributed by atoms with Gasteiger partial charge in [-0.3, -0.25) is 0 Å². The summed E-state index contributed by atoms with van der Waals surface area (Å²) in [7, 11) is 0. The van der Waals surface area contributed by atoms with Crippen LogP contribution >= 0.6 is 0 Å². The van der Waals surface area contributed by atoms with Gasteiger partial charge in [0, 0.05) is 6.04 Å². The molecule has 2 atom stereocenters. The first-order valence-corrected chi connectivity index (χ1v) is 5.08. The molecule has 0 radical (unpaired) electrons. The van der Waals surface area contributed by atoms with E-state index in [1.54, 1.807) is 0 Å². The minimum Gasteiger partial charge on any atom is -0.314 e. The maximum Gasteiger partial charge on any atom is 0.00928 e. The van der Waals surface area contributed by atoms with Gasteiger partial charge in [0.15, 0.2) is 0 Å². The molecule has 0 aromatic carbocycles. The molecule has 11 heavy (non-hydrogen) atoms. The lowest BCUT2D eigenvalue weighted by atomic mass is 9.81. The summed E-state index contributed by atoms with van der Waals surface area (Å²) in [5, 5.41) is 3.60. The lowest BCUT2D eigenvalue weighted by Crippen LogP contribution is -2.42. The molecule has 1 aliphatic carbocycles. The van der Waals surface area contributed by atoms with Gasteiger partial charge in [-0.25, -0.2) is 0 Å². The van der Waals surface area contributed by atoms with Crippen molar-refractivity contribution < 1.29 is 0 Å². The molecule has 1 aliphatic rings. The molecule has 1 heteroatoms. The van der Waals surface area contributed by atoms with Crippen LogP contribution in [0.25, 0.3) is 0 Å². The summed E-state index contributed by atoms with van der Waals surface area (Å²) in [4.78, 5) is 0. The first-order chi connectivity index (χ1) is 5.34.